The Kier molecular flexibility index (Phi) is 3.84. The Bertz CT molecular complexity index is 508. The van der Waals surface area contributed by atoms with E-state index in [2.05, 4.69) is 21.2 Å². The summed E-state index contributed by atoms with van der Waals surface area (Å²) in [6, 6.07) is 8.91. The smallest absolute Gasteiger partial charge is 0.329 e. The topological polar surface area (TPSA) is 58.6 Å². The molecule has 0 radical (unpaired) electrons. The molecule has 2 bridgehead atoms. The zero-order valence-corrected chi connectivity index (χ0v) is 12.7. The summed E-state index contributed by atoms with van der Waals surface area (Å²) in [6.07, 6.45) is 3.98. The summed E-state index contributed by atoms with van der Waals surface area (Å²) in [5.74, 6) is -0.912. The van der Waals surface area contributed by atoms with E-state index in [9.17, 15) is 4.79 Å². The fraction of sp³-hybridized carbons (Fsp3) is 0.533. The molecule has 5 heteroatoms. The van der Waals surface area contributed by atoms with E-state index in [0.29, 0.717) is 12.1 Å². The second-order valence-electron chi connectivity index (χ2n) is 5.73. The number of carboxylic acid groups (broad SMARTS) is 1. The lowest BCUT2D eigenvalue weighted by Crippen LogP contribution is -2.48. The first-order valence-electron chi connectivity index (χ1n) is 6.95. The van der Waals surface area contributed by atoms with E-state index in [1.807, 2.05) is 24.3 Å². The van der Waals surface area contributed by atoms with Crippen LogP contribution in [0, 0.1) is 0 Å². The van der Waals surface area contributed by atoms with Crippen LogP contribution in [0.2, 0.25) is 0 Å². The average Bonchev–Trinajstić information content (AvgIpc) is 2.76. The highest BCUT2D eigenvalue weighted by Crippen LogP contribution is 2.44. The molecule has 2 N–H and O–H groups in total. The van der Waals surface area contributed by atoms with Crippen LogP contribution in [0.25, 0.3) is 0 Å². The number of carbonyl (C=O) groups is 1. The summed E-state index contributed by atoms with van der Waals surface area (Å²) in [5.41, 5.74) is 0.603. The number of benzene rings is 1. The molecule has 0 saturated carbocycles. The summed E-state index contributed by atoms with van der Waals surface area (Å²) in [4.78, 5) is 10.9. The van der Waals surface area contributed by atoms with Gasteiger partial charge in [0, 0.05) is 16.6 Å². The molecule has 2 aliphatic rings. The summed E-state index contributed by atoms with van der Waals surface area (Å²) in [6.45, 7) is -0.244. The van der Waals surface area contributed by atoms with E-state index in [1.165, 1.54) is 0 Å². The molecule has 0 aromatic heterocycles. The minimum atomic E-state index is -0.912. The lowest BCUT2D eigenvalue weighted by atomic mass is 9.81. The van der Waals surface area contributed by atoms with Crippen molar-refractivity contribution < 1.29 is 14.6 Å². The number of hydrogen-bond acceptors (Lipinski definition) is 3. The molecule has 2 unspecified atom stereocenters. The maximum Gasteiger partial charge on any atom is 0.329 e. The van der Waals surface area contributed by atoms with E-state index >= 15 is 0 Å². The van der Waals surface area contributed by atoms with Crippen LogP contribution in [0.1, 0.15) is 31.2 Å². The molecule has 1 aromatic rings. The van der Waals surface area contributed by atoms with Crippen molar-refractivity contribution in [2.24, 2.45) is 0 Å². The number of rotatable bonds is 4. The molecule has 2 aliphatic heterocycles. The fourth-order valence-electron chi connectivity index (χ4n) is 3.51. The van der Waals surface area contributed by atoms with Crippen LogP contribution in [0.5, 0.6) is 0 Å². The molecular weight excluding hydrogens is 322 g/mol. The zero-order valence-electron chi connectivity index (χ0n) is 11.1. The quantitative estimate of drug-likeness (QED) is 0.885. The van der Waals surface area contributed by atoms with Gasteiger partial charge in [-0.3, -0.25) is 0 Å². The number of halogens is 1. The number of fused-ring (bicyclic) bond motifs is 2. The molecular formula is C15H18BrNO3. The van der Waals surface area contributed by atoms with Crippen molar-refractivity contribution in [1.82, 2.24) is 5.32 Å². The Hall–Kier alpha value is -0.910. The number of piperidine rings is 1. The molecule has 108 valence electrons. The monoisotopic (exact) mass is 339 g/mol. The van der Waals surface area contributed by atoms with Gasteiger partial charge in [-0.25, -0.2) is 4.79 Å². The van der Waals surface area contributed by atoms with Gasteiger partial charge in [0.25, 0.3) is 0 Å². The highest BCUT2D eigenvalue weighted by molar-refractivity contribution is 9.10. The van der Waals surface area contributed by atoms with Gasteiger partial charge in [-0.1, -0.05) is 28.1 Å². The van der Waals surface area contributed by atoms with Crippen molar-refractivity contribution in [1.29, 1.82) is 0 Å². The van der Waals surface area contributed by atoms with Crippen LogP contribution < -0.4 is 5.32 Å². The van der Waals surface area contributed by atoms with E-state index in [-0.39, 0.29) is 6.61 Å². The van der Waals surface area contributed by atoms with Crippen molar-refractivity contribution in [3.8, 4) is 0 Å². The normalized spacial score (nSPS) is 32.2. The fourth-order valence-corrected chi connectivity index (χ4v) is 3.91. The maximum atomic E-state index is 10.9. The maximum absolute atomic E-state index is 10.9. The van der Waals surface area contributed by atoms with Crippen molar-refractivity contribution >= 4 is 21.9 Å². The molecule has 2 atom stereocenters. The Morgan fingerprint density at radius 1 is 1.40 bits per heavy atom. The van der Waals surface area contributed by atoms with Crippen LogP contribution in [-0.4, -0.2) is 29.8 Å². The summed E-state index contributed by atoms with van der Waals surface area (Å²) in [7, 11) is 0. The van der Waals surface area contributed by atoms with E-state index in [0.717, 1.165) is 35.7 Å². The van der Waals surface area contributed by atoms with Gasteiger partial charge in [-0.15, -0.1) is 0 Å². The Balaban J connectivity index is 1.92. The van der Waals surface area contributed by atoms with Gasteiger partial charge in [0.05, 0.1) is 5.60 Å². The first-order chi connectivity index (χ1) is 9.57. The molecule has 0 aliphatic carbocycles. The molecule has 0 spiro atoms. The number of carboxylic acids is 1. The third-order valence-corrected chi connectivity index (χ3v) is 4.80. The van der Waals surface area contributed by atoms with Crippen molar-refractivity contribution in [3.05, 3.63) is 34.3 Å². The van der Waals surface area contributed by atoms with Crippen LogP contribution in [-0.2, 0) is 15.1 Å². The molecule has 0 amide bonds. The zero-order chi connectivity index (χ0) is 14.2. The first kappa shape index (κ1) is 14.0. The van der Waals surface area contributed by atoms with Gasteiger partial charge in [-0.2, -0.15) is 0 Å². The highest BCUT2D eigenvalue weighted by atomic mass is 79.9. The largest absolute Gasteiger partial charge is 0.480 e. The Morgan fingerprint density at radius 3 is 2.70 bits per heavy atom. The van der Waals surface area contributed by atoms with E-state index in [4.69, 9.17) is 9.84 Å². The number of ether oxygens (including phenoxy) is 1. The number of aliphatic carboxylic acids is 1. The lowest BCUT2D eigenvalue weighted by Gasteiger charge is -2.41. The number of nitrogens with one attached hydrogen (secondary N) is 1. The van der Waals surface area contributed by atoms with Crippen molar-refractivity contribution in [2.75, 3.05) is 6.61 Å². The molecule has 1 aromatic carbocycles. The Morgan fingerprint density at radius 2 is 2.10 bits per heavy atom. The van der Waals surface area contributed by atoms with Crippen LogP contribution >= 0.6 is 15.9 Å². The van der Waals surface area contributed by atoms with E-state index < -0.39 is 11.6 Å². The first-order valence-corrected chi connectivity index (χ1v) is 7.74. The van der Waals surface area contributed by atoms with Crippen LogP contribution in [0.3, 0.4) is 0 Å². The lowest BCUT2D eigenvalue weighted by molar-refractivity contribution is -0.154. The van der Waals surface area contributed by atoms with Gasteiger partial charge >= 0.3 is 5.97 Å². The third kappa shape index (κ3) is 2.75. The molecule has 2 heterocycles. The number of hydrogen-bond donors (Lipinski definition) is 2. The molecule has 2 fully saturated rings. The van der Waals surface area contributed by atoms with Gasteiger partial charge in [0.15, 0.2) is 0 Å². The third-order valence-electron chi connectivity index (χ3n) is 4.31. The van der Waals surface area contributed by atoms with Crippen LogP contribution in [0.15, 0.2) is 28.7 Å². The van der Waals surface area contributed by atoms with Crippen molar-refractivity contribution in [3.63, 3.8) is 0 Å². The average molecular weight is 340 g/mol. The summed E-state index contributed by atoms with van der Waals surface area (Å²) in [5, 5.41) is 12.5. The minimum Gasteiger partial charge on any atom is -0.480 e. The Labute approximate surface area is 126 Å². The van der Waals surface area contributed by atoms with Gasteiger partial charge < -0.3 is 15.2 Å². The summed E-state index contributed by atoms with van der Waals surface area (Å²) >= 11 is 3.49. The second-order valence-corrected chi connectivity index (χ2v) is 6.65. The highest BCUT2D eigenvalue weighted by Gasteiger charge is 2.46. The predicted octanol–water partition coefficient (Wildman–Crippen LogP) is 2.66. The van der Waals surface area contributed by atoms with Gasteiger partial charge in [-0.05, 0) is 43.4 Å². The van der Waals surface area contributed by atoms with Gasteiger partial charge in [0.1, 0.15) is 6.61 Å². The second kappa shape index (κ2) is 5.47. The predicted molar refractivity (Wildman–Crippen MR) is 78.6 cm³/mol. The molecule has 20 heavy (non-hydrogen) atoms. The van der Waals surface area contributed by atoms with E-state index in [1.54, 1.807) is 0 Å². The van der Waals surface area contributed by atoms with Gasteiger partial charge in [0.2, 0.25) is 0 Å². The minimum absolute atomic E-state index is 0.244. The standard InChI is InChI=1S/C15H18BrNO3/c16-11-3-1-2-10(6-11)15(20-9-14(18)19)7-12-4-5-13(8-15)17-12/h1-3,6,12-13,17H,4-5,7-9H2,(H,18,19). The van der Waals surface area contributed by atoms with Crippen LogP contribution in [0.4, 0.5) is 0 Å². The molecule has 4 nitrogen and oxygen atoms in total. The molecule has 3 rings (SSSR count). The molecule has 2 saturated heterocycles. The SMILES string of the molecule is O=C(O)COC1(c2cccc(Br)c2)CC2CCC(C1)N2. The summed E-state index contributed by atoms with van der Waals surface area (Å²) < 4.78 is 6.89. The van der Waals surface area contributed by atoms with Crippen molar-refractivity contribution in [2.45, 2.75) is 43.4 Å².